The van der Waals surface area contributed by atoms with E-state index < -0.39 is 11.7 Å². The molecule has 2 aliphatic rings. The van der Waals surface area contributed by atoms with Gasteiger partial charge < -0.3 is 19.1 Å². The van der Waals surface area contributed by atoms with Crippen LogP contribution in [0.5, 0.6) is 5.75 Å². The second-order valence-corrected chi connectivity index (χ2v) is 11.4. The molecule has 1 saturated carbocycles. The van der Waals surface area contributed by atoms with Crippen molar-refractivity contribution < 1.29 is 14.6 Å². The molecule has 0 amide bonds. The van der Waals surface area contributed by atoms with Crippen LogP contribution in [0.25, 0.3) is 32.9 Å². The summed E-state index contributed by atoms with van der Waals surface area (Å²) in [5.74, 6) is 1.40. The molecule has 1 fully saturated rings. The fourth-order valence-electron chi connectivity index (χ4n) is 5.76. The van der Waals surface area contributed by atoms with Crippen LogP contribution in [0.2, 0.25) is 0 Å². The standard InChI is InChI=1S/C31H34N2O4/c1-18-15-23-21(8-10-26(35)33(23)16-19-5-6-19)29(27(18)25(17-34)37-31(2,3)4)22-7-9-24-28-20(12-14-36-24)11-13-32-30(22)28/h7-11,13,15,19,25,34H,5-6,12,14,16-17H2,1-4H3. The van der Waals surface area contributed by atoms with Crippen LogP contribution in [0.3, 0.4) is 0 Å². The van der Waals surface area contributed by atoms with E-state index in [0.29, 0.717) is 12.5 Å². The van der Waals surface area contributed by atoms with Crippen molar-refractivity contribution in [3.05, 3.63) is 69.6 Å². The Bertz CT molecular complexity index is 1570. The van der Waals surface area contributed by atoms with Gasteiger partial charge in [0.25, 0.3) is 5.56 Å². The molecule has 37 heavy (non-hydrogen) atoms. The first kappa shape index (κ1) is 24.1. The van der Waals surface area contributed by atoms with Crippen LogP contribution < -0.4 is 10.3 Å². The zero-order valence-electron chi connectivity index (χ0n) is 22.0. The number of nitrogens with zero attached hydrogens (tertiary/aromatic N) is 2. The average molecular weight is 499 g/mol. The Labute approximate surface area is 216 Å². The van der Waals surface area contributed by atoms with Crippen molar-refractivity contribution in [2.75, 3.05) is 13.2 Å². The summed E-state index contributed by atoms with van der Waals surface area (Å²) in [5, 5.41) is 12.6. The number of pyridine rings is 2. The van der Waals surface area contributed by atoms with E-state index in [1.54, 1.807) is 6.07 Å². The maximum Gasteiger partial charge on any atom is 0.251 e. The highest BCUT2D eigenvalue weighted by Gasteiger charge is 2.29. The quantitative estimate of drug-likeness (QED) is 0.368. The summed E-state index contributed by atoms with van der Waals surface area (Å²) < 4.78 is 14.3. The zero-order valence-corrected chi connectivity index (χ0v) is 22.0. The van der Waals surface area contributed by atoms with Gasteiger partial charge in [0.1, 0.15) is 11.9 Å². The third kappa shape index (κ3) is 4.32. The SMILES string of the molecule is Cc1cc2c(ccc(=O)n2CC2CC2)c(-c2ccc3c4c(ccnc24)CCO3)c1C(CO)OC(C)(C)C. The Kier molecular flexibility index (Phi) is 5.85. The lowest BCUT2D eigenvalue weighted by atomic mass is 9.86. The number of benzene rings is 2. The predicted octanol–water partition coefficient (Wildman–Crippen LogP) is 5.72. The van der Waals surface area contributed by atoms with Crippen molar-refractivity contribution in [1.29, 1.82) is 0 Å². The van der Waals surface area contributed by atoms with Crippen LogP contribution in [0.4, 0.5) is 0 Å². The van der Waals surface area contributed by atoms with E-state index in [-0.39, 0.29) is 12.2 Å². The average Bonchev–Trinajstić information content (AvgIpc) is 3.68. The Hall–Kier alpha value is -3.22. The normalized spacial score (nSPS) is 16.2. The molecule has 1 N–H and O–H groups in total. The first-order chi connectivity index (χ1) is 17.7. The van der Waals surface area contributed by atoms with Crippen molar-refractivity contribution in [3.8, 4) is 16.9 Å². The van der Waals surface area contributed by atoms with E-state index in [9.17, 15) is 9.90 Å². The first-order valence-electron chi connectivity index (χ1n) is 13.2. The number of fused-ring (bicyclic) bond motifs is 1. The molecule has 1 atom stereocenters. The van der Waals surface area contributed by atoms with Crippen molar-refractivity contribution >= 4 is 21.8 Å². The van der Waals surface area contributed by atoms with E-state index in [0.717, 1.165) is 75.6 Å². The van der Waals surface area contributed by atoms with E-state index in [2.05, 4.69) is 18.2 Å². The molecule has 192 valence electrons. The predicted molar refractivity (Wildman–Crippen MR) is 146 cm³/mol. The van der Waals surface area contributed by atoms with Gasteiger partial charge in [-0.2, -0.15) is 0 Å². The Balaban J connectivity index is 1.71. The van der Waals surface area contributed by atoms with E-state index >= 15 is 0 Å². The summed E-state index contributed by atoms with van der Waals surface area (Å²) in [5.41, 5.74) is 6.41. The lowest BCUT2D eigenvalue weighted by Gasteiger charge is -2.30. The third-order valence-electron chi connectivity index (χ3n) is 7.50. The molecular formula is C31H34N2O4. The van der Waals surface area contributed by atoms with Crippen molar-refractivity contribution in [1.82, 2.24) is 9.55 Å². The van der Waals surface area contributed by atoms with Crippen molar-refractivity contribution in [3.63, 3.8) is 0 Å². The minimum absolute atomic E-state index is 0.0190. The van der Waals surface area contributed by atoms with Gasteiger partial charge in [0.15, 0.2) is 0 Å². The van der Waals surface area contributed by atoms with Crippen LogP contribution in [0.15, 0.2) is 47.4 Å². The Morgan fingerprint density at radius 1 is 1.19 bits per heavy atom. The third-order valence-corrected chi connectivity index (χ3v) is 7.50. The molecule has 0 saturated heterocycles. The van der Waals surface area contributed by atoms with Gasteiger partial charge in [-0.25, -0.2) is 0 Å². The number of aryl methyl sites for hydroxylation is 1. The van der Waals surface area contributed by atoms with Gasteiger partial charge in [-0.05, 0) is 99.0 Å². The monoisotopic (exact) mass is 498 g/mol. The molecule has 1 aliphatic heterocycles. The van der Waals surface area contributed by atoms with E-state index in [1.165, 1.54) is 5.56 Å². The highest BCUT2D eigenvalue weighted by atomic mass is 16.5. The lowest BCUT2D eigenvalue weighted by Crippen LogP contribution is -2.26. The van der Waals surface area contributed by atoms with E-state index in [4.69, 9.17) is 14.5 Å². The molecule has 6 heteroatoms. The summed E-state index contributed by atoms with van der Waals surface area (Å²) >= 11 is 0. The number of hydrogen-bond acceptors (Lipinski definition) is 5. The molecule has 1 aliphatic carbocycles. The highest BCUT2D eigenvalue weighted by Crippen LogP contribution is 2.45. The highest BCUT2D eigenvalue weighted by molar-refractivity contribution is 6.07. The largest absolute Gasteiger partial charge is 0.493 e. The molecule has 2 aromatic carbocycles. The van der Waals surface area contributed by atoms with Gasteiger partial charge in [0.05, 0.1) is 29.8 Å². The molecule has 0 bridgehead atoms. The van der Waals surface area contributed by atoms with Gasteiger partial charge in [-0.15, -0.1) is 0 Å². The van der Waals surface area contributed by atoms with Crippen molar-refractivity contribution in [2.45, 2.75) is 65.2 Å². The Morgan fingerprint density at radius 2 is 2.00 bits per heavy atom. The molecule has 0 radical (unpaired) electrons. The van der Waals surface area contributed by atoms with E-state index in [1.807, 2.05) is 50.6 Å². The molecule has 2 aromatic heterocycles. The molecule has 6 rings (SSSR count). The van der Waals surface area contributed by atoms with Crippen LogP contribution >= 0.6 is 0 Å². The van der Waals surface area contributed by atoms with Crippen LogP contribution in [-0.4, -0.2) is 33.5 Å². The second-order valence-electron chi connectivity index (χ2n) is 11.4. The summed E-state index contributed by atoms with van der Waals surface area (Å²) in [6, 6.07) is 11.9. The molecule has 1 unspecified atom stereocenters. The lowest BCUT2D eigenvalue weighted by molar-refractivity contribution is -0.0821. The van der Waals surface area contributed by atoms with Crippen LogP contribution in [0.1, 0.15) is 56.4 Å². The van der Waals surface area contributed by atoms with Gasteiger partial charge in [0.2, 0.25) is 0 Å². The maximum atomic E-state index is 13.0. The van der Waals surface area contributed by atoms with Gasteiger partial charge in [0, 0.05) is 41.6 Å². The minimum Gasteiger partial charge on any atom is -0.493 e. The molecule has 3 heterocycles. The maximum absolute atomic E-state index is 13.0. The first-order valence-corrected chi connectivity index (χ1v) is 13.2. The van der Waals surface area contributed by atoms with Crippen LogP contribution in [0, 0.1) is 12.8 Å². The second kappa shape index (κ2) is 8.96. The van der Waals surface area contributed by atoms with Gasteiger partial charge >= 0.3 is 0 Å². The number of ether oxygens (including phenoxy) is 2. The summed E-state index contributed by atoms with van der Waals surface area (Å²) in [6.45, 7) is 9.28. The van der Waals surface area contributed by atoms with Gasteiger partial charge in [-0.1, -0.05) is 0 Å². The molecular weight excluding hydrogens is 464 g/mol. The number of aliphatic hydroxyl groups excluding tert-OH is 1. The fraction of sp³-hybridized carbons (Fsp3) is 0.419. The molecule has 4 aromatic rings. The fourth-order valence-corrected chi connectivity index (χ4v) is 5.76. The number of aromatic nitrogens is 2. The van der Waals surface area contributed by atoms with Crippen LogP contribution in [-0.2, 0) is 17.7 Å². The smallest absolute Gasteiger partial charge is 0.251 e. The number of hydrogen-bond donors (Lipinski definition) is 1. The minimum atomic E-state index is -0.537. The van der Waals surface area contributed by atoms with Gasteiger partial charge in [-0.3, -0.25) is 9.78 Å². The summed E-state index contributed by atoms with van der Waals surface area (Å²) in [7, 11) is 0. The Morgan fingerprint density at radius 3 is 2.73 bits per heavy atom. The zero-order chi connectivity index (χ0) is 25.9. The topological polar surface area (TPSA) is 73.6 Å². The van der Waals surface area contributed by atoms with Crippen molar-refractivity contribution in [2.24, 2.45) is 5.92 Å². The molecule has 6 nitrogen and oxygen atoms in total. The summed E-state index contributed by atoms with van der Waals surface area (Å²) in [4.78, 5) is 17.9. The number of rotatable bonds is 6. The summed E-state index contributed by atoms with van der Waals surface area (Å²) in [6.07, 6.45) is 4.50. The molecule has 0 spiro atoms. The number of aliphatic hydroxyl groups is 1.